The topological polar surface area (TPSA) is 154 Å². The molecular weight excluding hydrogens is 528 g/mol. The molecule has 0 unspecified atom stereocenters. The molecule has 1 saturated heterocycles. The zero-order valence-corrected chi connectivity index (χ0v) is 22.1. The van der Waals surface area contributed by atoms with Crippen molar-refractivity contribution in [3.8, 4) is 0 Å². The number of aromatic nitrogens is 1. The van der Waals surface area contributed by atoms with Crippen molar-refractivity contribution >= 4 is 54.0 Å². The van der Waals surface area contributed by atoms with Gasteiger partial charge < -0.3 is 5.11 Å². The number of hydrogen-bond donors (Lipinski definition) is 2. The highest BCUT2D eigenvalue weighted by atomic mass is 32.2. The van der Waals surface area contributed by atoms with Crippen LogP contribution in [-0.4, -0.2) is 68.6 Å². The summed E-state index contributed by atoms with van der Waals surface area (Å²) in [6, 6.07) is 4.40. The molecule has 0 radical (unpaired) electrons. The van der Waals surface area contributed by atoms with E-state index < -0.39 is 37.9 Å². The fourth-order valence-corrected chi connectivity index (χ4v) is 8.05. The summed E-state index contributed by atoms with van der Waals surface area (Å²) in [5.74, 6) is -0.903. The van der Waals surface area contributed by atoms with Gasteiger partial charge in [-0.3, -0.25) is 15.0 Å². The van der Waals surface area contributed by atoms with Gasteiger partial charge in [-0.2, -0.15) is 4.31 Å². The second-order valence-electron chi connectivity index (χ2n) is 9.05. The van der Waals surface area contributed by atoms with Gasteiger partial charge in [0.1, 0.15) is 6.04 Å². The first-order chi connectivity index (χ1) is 17.0. The van der Waals surface area contributed by atoms with Crippen molar-refractivity contribution in [2.45, 2.75) is 53.7 Å². The molecule has 1 aliphatic heterocycles. The fourth-order valence-electron chi connectivity index (χ4n) is 4.62. The van der Waals surface area contributed by atoms with Crippen LogP contribution in [0.15, 0.2) is 39.6 Å². The molecule has 196 valence electrons. The van der Waals surface area contributed by atoms with Crippen LogP contribution in [0.4, 0.5) is 15.6 Å². The summed E-state index contributed by atoms with van der Waals surface area (Å²) in [5.41, 5.74) is 0.512. The molecule has 1 aromatic heterocycles. The standard InChI is InChI=1S/C22H28N4O7S3/c1-35(30,31)17-10-8-16(9-11-17)25(14-15-5-2-3-6-15)22(29)24-21-23-13-19(34-21)36(32,33)26-12-4-7-18(26)20(27)28/h8-11,13,15,18H,2-7,12,14H2,1H3,(H,27,28)(H,23,24,29)/t18-/m0/s1. The van der Waals surface area contributed by atoms with E-state index in [-0.39, 0.29) is 27.2 Å². The summed E-state index contributed by atoms with van der Waals surface area (Å²) in [6.45, 7) is 0.534. The monoisotopic (exact) mass is 556 g/mol. The highest BCUT2D eigenvalue weighted by Crippen LogP contribution is 2.32. The fraction of sp³-hybridized carbons (Fsp3) is 0.500. The van der Waals surface area contributed by atoms with Crippen LogP contribution in [0.2, 0.25) is 0 Å². The van der Waals surface area contributed by atoms with E-state index in [1.807, 2.05) is 0 Å². The van der Waals surface area contributed by atoms with Crippen LogP contribution in [0.5, 0.6) is 0 Å². The highest BCUT2D eigenvalue weighted by molar-refractivity contribution is 7.91. The van der Waals surface area contributed by atoms with Crippen LogP contribution in [0.25, 0.3) is 0 Å². The largest absolute Gasteiger partial charge is 0.480 e. The second-order valence-corrected chi connectivity index (χ2v) is 14.2. The number of nitrogens with one attached hydrogen (secondary N) is 1. The average Bonchev–Trinajstić information content (AvgIpc) is 3.59. The maximum atomic E-state index is 13.3. The maximum absolute atomic E-state index is 13.3. The lowest BCUT2D eigenvalue weighted by Gasteiger charge is -2.26. The Morgan fingerprint density at radius 3 is 2.39 bits per heavy atom. The number of rotatable bonds is 8. The van der Waals surface area contributed by atoms with E-state index in [9.17, 15) is 31.5 Å². The summed E-state index contributed by atoms with van der Waals surface area (Å²) in [4.78, 5) is 30.4. The number of carbonyl (C=O) groups excluding carboxylic acids is 1. The molecule has 2 heterocycles. The minimum absolute atomic E-state index is 0.0637. The van der Waals surface area contributed by atoms with Gasteiger partial charge in [-0.1, -0.05) is 24.2 Å². The molecule has 1 aromatic carbocycles. The van der Waals surface area contributed by atoms with Gasteiger partial charge in [0.25, 0.3) is 10.0 Å². The van der Waals surface area contributed by atoms with Crippen LogP contribution in [-0.2, 0) is 24.7 Å². The average molecular weight is 557 g/mol. The minimum Gasteiger partial charge on any atom is -0.480 e. The Balaban J connectivity index is 1.54. The number of urea groups is 1. The van der Waals surface area contributed by atoms with Crippen molar-refractivity contribution in [1.29, 1.82) is 0 Å². The summed E-state index contributed by atoms with van der Waals surface area (Å²) in [7, 11) is -7.46. The van der Waals surface area contributed by atoms with E-state index >= 15 is 0 Å². The first-order valence-corrected chi connectivity index (χ1v) is 15.7. The minimum atomic E-state index is -4.07. The second kappa shape index (κ2) is 10.4. The van der Waals surface area contributed by atoms with E-state index in [4.69, 9.17) is 0 Å². The molecule has 4 rings (SSSR count). The molecule has 2 fully saturated rings. The van der Waals surface area contributed by atoms with Crippen LogP contribution in [0, 0.1) is 5.92 Å². The Hall–Kier alpha value is -2.55. The summed E-state index contributed by atoms with van der Waals surface area (Å²) < 4.78 is 50.5. The number of nitrogens with zero attached hydrogens (tertiary/aromatic N) is 3. The quantitative estimate of drug-likeness (QED) is 0.503. The summed E-state index contributed by atoms with van der Waals surface area (Å²) in [6.07, 6.45) is 7.03. The van der Waals surface area contributed by atoms with Crippen molar-refractivity contribution in [3.05, 3.63) is 30.5 Å². The molecule has 0 bridgehead atoms. The Morgan fingerprint density at radius 1 is 1.11 bits per heavy atom. The van der Waals surface area contributed by atoms with Gasteiger partial charge in [0, 0.05) is 25.0 Å². The molecule has 11 nitrogen and oxygen atoms in total. The molecule has 1 aliphatic carbocycles. The van der Waals surface area contributed by atoms with Gasteiger partial charge in [-0.25, -0.2) is 26.6 Å². The normalized spacial score (nSPS) is 19.4. The Bertz CT molecular complexity index is 1330. The van der Waals surface area contributed by atoms with Gasteiger partial charge in [-0.15, -0.1) is 0 Å². The zero-order chi connectivity index (χ0) is 26.1. The van der Waals surface area contributed by atoms with Crippen LogP contribution >= 0.6 is 11.3 Å². The predicted octanol–water partition coefficient (Wildman–Crippen LogP) is 3.01. The Labute approximate surface area is 214 Å². The SMILES string of the molecule is CS(=O)(=O)c1ccc(N(CC2CCCC2)C(=O)Nc2ncc(S(=O)(=O)N3CCC[C@H]3C(=O)O)s2)cc1. The van der Waals surface area contributed by atoms with E-state index in [0.717, 1.165) is 53.8 Å². The first kappa shape index (κ1) is 26.5. The van der Waals surface area contributed by atoms with Gasteiger partial charge in [0.15, 0.2) is 19.2 Å². The highest BCUT2D eigenvalue weighted by Gasteiger charge is 2.40. The van der Waals surface area contributed by atoms with Gasteiger partial charge in [0.2, 0.25) is 0 Å². The number of thiazole rings is 1. The van der Waals surface area contributed by atoms with Crippen LogP contribution in [0.3, 0.4) is 0 Å². The van der Waals surface area contributed by atoms with Crippen molar-refractivity contribution in [3.63, 3.8) is 0 Å². The number of sulfonamides is 1. The third kappa shape index (κ3) is 5.71. The molecule has 2 aromatic rings. The maximum Gasteiger partial charge on any atom is 0.328 e. The zero-order valence-electron chi connectivity index (χ0n) is 19.7. The molecule has 2 amide bonds. The predicted molar refractivity (Wildman–Crippen MR) is 135 cm³/mol. The number of amides is 2. The third-order valence-electron chi connectivity index (χ3n) is 6.49. The number of sulfone groups is 1. The summed E-state index contributed by atoms with van der Waals surface area (Å²) in [5, 5.41) is 12.1. The van der Waals surface area contributed by atoms with Crippen molar-refractivity contribution in [1.82, 2.24) is 9.29 Å². The van der Waals surface area contributed by atoms with Crippen molar-refractivity contribution < 1.29 is 31.5 Å². The number of carbonyl (C=O) groups is 2. The van der Waals surface area contributed by atoms with Gasteiger partial charge in [-0.05, 0) is 55.9 Å². The van der Waals surface area contributed by atoms with Gasteiger partial charge >= 0.3 is 12.0 Å². The van der Waals surface area contributed by atoms with Crippen LogP contribution in [0.1, 0.15) is 38.5 Å². The smallest absolute Gasteiger partial charge is 0.328 e. The number of aliphatic carboxylic acids is 1. The number of hydrogen-bond acceptors (Lipinski definition) is 8. The molecule has 2 N–H and O–H groups in total. The molecule has 1 saturated carbocycles. The van der Waals surface area contributed by atoms with Crippen molar-refractivity contribution in [2.75, 3.05) is 29.6 Å². The number of benzene rings is 1. The van der Waals surface area contributed by atoms with Crippen LogP contribution < -0.4 is 10.2 Å². The number of carboxylic acid groups (broad SMARTS) is 1. The van der Waals surface area contributed by atoms with Gasteiger partial charge in [0.05, 0.1) is 11.1 Å². The lowest BCUT2D eigenvalue weighted by molar-refractivity contribution is -0.140. The first-order valence-electron chi connectivity index (χ1n) is 11.6. The van der Waals surface area contributed by atoms with E-state index in [2.05, 4.69) is 10.3 Å². The van der Waals surface area contributed by atoms with E-state index in [0.29, 0.717) is 24.6 Å². The van der Waals surface area contributed by atoms with E-state index in [1.54, 1.807) is 12.1 Å². The molecular formula is C22H28N4O7S3. The molecule has 2 aliphatic rings. The third-order valence-corrected chi connectivity index (χ3v) is 10.9. The van der Waals surface area contributed by atoms with Crippen molar-refractivity contribution in [2.24, 2.45) is 5.92 Å². The molecule has 36 heavy (non-hydrogen) atoms. The summed E-state index contributed by atoms with van der Waals surface area (Å²) >= 11 is 0.758. The lowest BCUT2D eigenvalue weighted by atomic mass is 10.1. The molecule has 0 spiro atoms. The lowest BCUT2D eigenvalue weighted by Crippen LogP contribution is -2.40. The number of anilines is 2. The molecule has 1 atom stereocenters. The Kier molecular flexibility index (Phi) is 7.69. The molecule has 14 heteroatoms. The van der Waals surface area contributed by atoms with E-state index in [1.165, 1.54) is 17.0 Å². The number of carboxylic acids is 1. The Morgan fingerprint density at radius 2 is 1.78 bits per heavy atom.